The molecule has 0 bridgehead atoms. The first kappa shape index (κ1) is 29.2. The minimum absolute atomic E-state index is 0.0986. The van der Waals surface area contributed by atoms with Gasteiger partial charge in [0.05, 0.1) is 56.8 Å². The van der Waals surface area contributed by atoms with Crippen LogP contribution in [0.15, 0.2) is 65.6 Å². The number of hydrogen-bond acceptors (Lipinski definition) is 6. The number of rotatable bonds is 7. The summed E-state index contributed by atoms with van der Waals surface area (Å²) in [6, 6.07) is 14.4. The molecule has 1 aromatic heterocycles. The molecule has 3 heterocycles. The van der Waals surface area contributed by atoms with E-state index in [0.717, 1.165) is 13.1 Å². The number of nitrogens with one attached hydrogen (secondary N) is 3. The maximum absolute atomic E-state index is 15.6. The smallest absolute Gasteiger partial charge is 0.261 e. The summed E-state index contributed by atoms with van der Waals surface area (Å²) in [7, 11) is 2.11. The molecule has 0 saturated carbocycles. The summed E-state index contributed by atoms with van der Waals surface area (Å²) in [5.74, 6) is -0.419. The van der Waals surface area contributed by atoms with Crippen LogP contribution in [0.25, 0.3) is 10.9 Å². The predicted molar refractivity (Wildman–Crippen MR) is 167 cm³/mol. The molecule has 2 amide bonds. The van der Waals surface area contributed by atoms with Crippen LogP contribution in [0, 0.1) is 5.82 Å². The van der Waals surface area contributed by atoms with Crippen molar-refractivity contribution in [2.45, 2.75) is 19.9 Å². The van der Waals surface area contributed by atoms with Crippen LogP contribution in [0.1, 0.15) is 40.6 Å². The number of nitrogens with zero attached hydrogens (tertiary/aromatic N) is 2. The number of amides is 2. The lowest BCUT2D eigenvalue weighted by Crippen LogP contribution is -3.12. The molecule has 6 rings (SSSR count). The minimum atomic E-state index is -0.626. The van der Waals surface area contributed by atoms with Gasteiger partial charge in [0, 0.05) is 23.1 Å². The van der Waals surface area contributed by atoms with Crippen molar-refractivity contribution < 1.29 is 28.4 Å². The fourth-order valence-electron chi connectivity index (χ4n) is 5.69. The molecule has 44 heavy (non-hydrogen) atoms. The van der Waals surface area contributed by atoms with Crippen LogP contribution >= 0.6 is 0 Å². The first-order valence-corrected chi connectivity index (χ1v) is 14.8. The Balaban J connectivity index is 1.24. The third-order valence-electron chi connectivity index (χ3n) is 8.15. The first-order valence-electron chi connectivity index (χ1n) is 14.8. The predicted octanol–water partition coefficient (Wildman–Crippen LogP) is 3.33. The Morgan fingerprint density at radius 2 is 1.66 bits per heavy atom. The lowest BCUT2D eigenvalue weighted by molar-refractivity contribution is -0.880. The maximum atomic E-state index is 15.6. The van der Waals surface area contributed by atoms with E-state index in [1.165, 1.54) is 17.2 Å². The normalized spacial score (nSPS) is 16.4. The van der Waals surface area contributed by atoms with E-state index in [9.17, 15) is 14.4 Å². The van der Waals surface area contributed by atoms with Crippen molar-refractivity contribution in [3.8, 4) is 11.5 Å². The average Bonchev–Trinajstić information content (AvgIpc) is 3.02. The molecule has 4 aromatic rings. The van der Waals surface area contributed by atoms with Gasteiger partial charge in [-0.3, -0.25) is 14.4 Å². The van der Waals surface area contributed by atoms with Gasteiger partial charge >= 0.3 is 0 Å². The molecule has 1 saturated heterocycles. The Kier molecular flexibility index (Phi) is 7.96. The van der Waals surface area contributed by atoms with E-state index in [1.807, 2.05) is 23.3 Å². The van der Waals surface area contributed by atoms with E-state index in [-0.39, 0.29) is 29.5 Å². The van der Waals surface area contributed by atoms with Crippen molar-refractivity contribution in [3.05, 3.63) is 88.0 Å². The summed E-state index contributed by atoms with van der Waals surface area (Å²) in [6.07, 6.45) is 1.53. The number of hydrogen-bond donors (Lipinski definition) is 3. The molecule has 2 aliphatic rings. The highest BCUT2D eigenvalue weighted by Gasteiger charge is 2.31. The van der Waals surface area contributed by atoms with E-state index in [4.69, 9.17) is 9.47 Å². The summed E-state index contributed by atoms with van der Waals surface area (Å²) in [5, 5.41) is 5.67. The number of anilines is 3. The van der Waals surface area contributed by atoms with Gasteiger partial charge in [0.2, 0.25) is 5.43 Å². The van der Waals surface area contributed by atoms with Crippen LogP contribution < -0.4 is 35.3 Å². The molecule has 1 fully saturated rings. The molecule has 2 aliphatic heterocycles. The molecule has 1 atom stereocenters. The lowest BCUT2D eigenvalue weighted by atomic mass is 10.0. The highest BCUT2D eigenvalue weighted by Crippen LogP contribution is 2.41. The Labute approximate surface area is 254 Å². The summed E-state index contributed by atoms with van der Waals surface area (Å²) >= 11 is 0. The van der Waals surface area contributed by atoms with Crippen molar-refractivity contribution in [3.63, 3.8) is 0 Å². The van der Waals surface area contributed by atoms with Crippen LogP contribution in [0.2, 0.25) is 0 Å². The largest absolute Gasteiger partial charge is 0.494 e. The Morgan fingerprint density at radius 3 is 2.32 bits per heavy atom. The number of quaternary nitrogens is 1. The zero-order valence-corrected chi connectivity index (χ0v) is 24.9. The average molecular weight is 601 g/mol. The highest BCUT2D eigenvalue weighted by molar-refractivity contribution is 6.08. The zero-order chi connectivity index (χ0) is 31.0. The Morgan fingerprint density at radius 1 is 1.02 bits per heavy atom. The molecular formula is C33H35FN5O5+. The number of pyridine rings is 1. The molecule has 0 spiro atoms. The van der Waals surface area contributed by atoms with Crippen LogP contribution in [0.5, 0.6) is 11.5 Å². The standard InChI is InChI=1S/C33H34FN5O5/c1-4-43-24-11-9-23(10-12-24)35-32(41)21-5-7-22(8-6-21)36-33(42)26-18-39-20(2)19-44-31-28(39)25(30(26)40)17-27(34)29(31)38-15-13-37(3)14-16-38/h5-12,17-18,20H,4,13-16,19H2,1-3H3,(H,35,41)(H,36,42)/p+1/t20-/m0/s1. The van der Waals surface area contributed by atoms with Crippen molar-refractivity contribution in [1.82, 2.24) is 4.57 Å². The van der Waals surface area contributed by atoms with Crippen LogP contribution in [-0.4, -0.2) is 62.8 Å². The fraction of sp³-hybridized carbons (Fsp3) is 0.303. The van der Waals surface area contributed by atoms with Crippen LogP contribution in [0.4, 0.5) is 21.5 Å². The summed E-state index contributed by atoms with van der Waals surface area (Å²) in [4.78, 5) is 43.0. The number of ether oxygens (including phenoxy) is 2. The lowest BCUT2D eigenvalue weighted by Gasteiger charge is -2.35. The van der Waals surface area contributed by atoms with Crippen LogP contribution in [0.3, 0.4) is 0 Å². The fourth-order valence-corrected chi connectivity index (χ4v) is 5.69. The van der Waals surface area contributed by atoms with Gasteiger partial charge in [0.1, 0.15) is 23.6 Å². The van der Waals surface area contributed by atoms with Gasteiger partial charge in [-0.25, -0.2) is 4.39 Å². The van der Waals surface area contributed by atoms with Gasteiger partial charge in [-0.2, -0.15) is 0 Å². The summed E-state index contributed by atoms with van der Waals surface area (Å²) in [5.41, 5.74) is 1.59. The van der Waals surface area contributed by atoms with E-state index in [1.54, 1.807) is 48.5 Å². The molecule has 0 unspecified atom stereocenters. The van der Waals surface area contributed by atoms with E-state index >= 15 is 4.39 Å². The topological polar surface area (TPSA) is 106 Å². The van der Waals surface area contributed by atoms with Gasteiger partial charge < -0.3 is 34.5 Å². The summed E-state index contributed by atoms with van der Waals surface area (Å²) in [6.45, 7) is 7.74. The Hall–Kier alpha value is -4.90. The van der Waals surface area contributed by atoms with E-state index < -0.39 is 17.2 Å². The third-order valence-corrected chi connectivity index (χ3v) is 8.15. The van der Waals surface area contributed by atoms with Crippen molar-refractivity contribution in [1.29, 1.82) is 0 Å². The third kappa shape index (κ3) is 5.58. The SMILES string of the molecule is CCOc1ccc(NC(=O)c2ccc(NC(=O)c3cn4c5c(c(N6CC[NH+](C)CC6)c(F)cc5c3=O)OC[C@@H]4C)cc2)cc1. The van der Waals surface area contributed by atoms with E-state index in [0.29, 0.717) is 59.3 Å². The number of likely N-dealkylation sites (N-methyl/N-ethyl adjacent to an activating group) is 1. The van der Waals surface area contributed by atoms with Crippen molar-refractivity contribution in [2.24, 2.45) is 0 Å². The first-order chi connectivity index (χ1) is 21.2. The second-order valence-electron chi connectivity index (χ2n) is 11.3. The van der Waals surface area contributed by atoms with Crippen LogP contribution in [-0.2, 0) is 0 Å². The number of halogens is 1. The molecule has 3 N–H and O–H groups in total. The molecule has 228 valence electrons. The van der Waals surface area contributed by atoms with E-state index in [2.05, 4.69) is 17.7 Å². The van der Waals surface area contributed by atoms with Crippen molar-refractivity contribution >= 4 is 39.8 Å². The number of piperazine rings is 1. The highest BCUT2D eigenvalue weighted by atomic mass is 19.1. The van der Waals surface area contributed by atoms with Gasteiger partial charge in [-0.1, -0.05) is 0 Å². The zero-order valence-electron chi connectivity index (χ0n) is 24.9. The Bertz CT molecular complexity index is 1780. The molecule has 11 heteroatoms. The number of aromatic nitrogens is 1. The summed E-state index contributed by atoms with van der Waals surface area (Å²) < 4.78 is 28.9. The monoisotopic (exact) mass is 600 g/mol. The number of benzene rings is 3. The quantitative estimate of drug-likeness (QED) is 0.301. The molecule has 10 nitrogen and oxygen atoms in total. The molecule has 0 aliphatic carbocycles. The number of carbonyl (C=O) groups excluding carboxylic acids is 2. The second kappa shape index (κ2) is 12.0. The van der Waals surface area contributed by atoms with Gasteiger partial charge in [0.25, 0.3) is 11.8 Å². The molecular weight excluding hydrogens is 565 g/mol. The van der Waals surface area contributed by atoms with Gasteiger partial charge in [0.15, 0.2) is 11.6 Å². The van der Waals surface area contributed by atoms with Gasteiger partial charge in [-0.05, 0) is 68.4 Å². The van der Waals surface area contributed by atoms with Crippen molar-refractivity contribution in [2.75, 3.05) is 62.0 Å². The van der Waals surface area contributed by atoms with Gasteiger partial charge in [-0.15, -0.1) is 0 Å². The second-order valence-corrected chi connectivity index (χ2v) is 11.3. The number of carbonyl (C=O) groups is 2. The minimum Gasteiger partial charge on any atom is -0.494 e. The molecule has 0 radical (unpaired) electrons. The molecule has 3 aromatic carbocycles. The maximum Gasteiger partial charge on any atom is 0.261 e.